The Hall–Kier alpha value is -1.29. The Labute approximate surface area is 109 Å². The van der Waals surface area contributed by atoms with E-state index in [0.29, 0.717) is 19.0 Å². The van der Waals surface area contributed by atoms with E-state index in [4.69, 9.17) is 5.73 Å². The highest BCUT2D eigenvalue weighted by atomic mass is 16.1. The Bertz CT molecular complexity index is 361. The lowest BCUT2D eigenvalue weighted by molar-refractivity contribution is -0.127. The fourth-order valence-corrected chi connectivity index (χ4v) is 2.79. The Balaban J connectivity index is 1.76. The molecular weight excluding hydrogens is 226 g/mol. The van der Waals surface area contributed by atoms with E-state index in [0.717, 1.165) is 25.8 Å². The van der Waals surface area contributed by atoms with Crippen molar-refractivity contribution < 1.29 is 4.79 Å². The minimum Gasteiger partial charge on any atom is -0.354 e. The summed E-state index contributed by atoms with van der Waals surface area (Å²) in [6.07, 6.45) is 8.50. The molecule has 0 aliphatic heterocycles. The highest BCUT2D eigenvalue weighted by Gasteiger charge is 2.29. The molecule has 2 unspecified atom stereocenters. The lowest BCUT2D eigenvalue weighted by Crippen LogP contribution is -2.40. The lowest BCUT2D eigenvalue weighted by Gasteiger charge is -2.29. The van der Waals surface area contributed by atoms with Crippen LogP contribution in [0.25, 0.3) is 0 Å². The molecule has 18 heavy (non-hydrogen) atoms. The summed E-state index contributed by atoms with van der Waals surface area (Å²) in [4.78, 5) is 12.1. The minimum absolute atomic E-state index is 0.133. The number of aromatic nitrogens is 1. The third-order valence-electron chi connectivity index (χ3n) is 3.88. The standard InChI is InChI=1S/C14H23N3O/c15-11-12-5-1-2-6-13(12)14(18)16-7-10-17-8-3-4-9-17/h3-4,8-9,12-13H,1-2,5-7,10-11,15H2,(H,16,18). The van der Waals surface area contributed by atoms with E-state index in [1.807, 2.05) is 24.5 Å². The van der Waals surface area contributed by atoms with Crippen LogP contribution in [-0.4, -0.2) is 23.6 Å². The molecule has 0 radical (unpaired) electrons. The van der Waals surface area contributed by atoms with Gasteiger partial charge in [-0.2, -0.15) is 0 Å². The average molecular weight is 249 g/mol. The van der Waals surface area contributed by atoms with E-state index in [9.17, 15) is 4.79 Å². The predicted molar refractivity (Wildman–Crippen MR) is 71.9 cm³/mol. The molecule has 4 heteroatoms. The molecule has 1 amide bonds. The second-order valence-electron chi connectivity index (χ2n) is 5.10. The van der Waals surface area contributed by atoms with E-state index >= 15 is 0 Å². The van der Waals surface area contributed by atoms with Crippen molar-refractivity contribution in [2.24, 2.45) is 17.6 Å². The summed E-state index contributed by atoms with van der Waals surface area (Å²) in [5.41, 5.74) is 5.75. The van der Waals surface area contributed by atoms with Crippen LogP contribution in [0.2, 0.25) is 0 Å². The maximum absolute atomic E-state index is 12.1. The van der Waals surface area contributed by atoms with Gasteiger partial charge in [-0.1, -0.05) is 12.8 Å². The van der Waals surface area contributed by atoms with E-state index < -0.39 is 0 Å². The third-order valence-corrected chi connectivity index (χ3v) is 3.88. The average Bonchev–Trinajstić information content (AvgIpc) is 2.91. The zero-order valence-corrected chi connectivity index (χ0v) is 10.8. The van der Waals surface area contributed by atoms with Gasteiger partial charge in [-0.05, 0) is 37.4 Å². The summed E-state index contributed by atoms with van der Waals surface area (Å²) >= 11 is 0. The zero-order chi connectivity index (χ0) is 12.8. The Morgan fingerprint density at radius 3 is 2.72 bits per heavy atom. The Kier molecular flexibility index (Phi) is 4.81. The van der Waals surface area contributed by atoms with Crippen molar-refractivity contribution in [1.82, 2.24) is 9.88 Å². The Morgan fingerprint density at radius 1 is 1.28 bits per heavy atom. The second-order valence-corrected chi connectivity index (χ2v) is 5.10. The van der Waals surface area contributed by atoms with Crippen LogP contribution in [-0.2, 0) is 11.3 Å². The van der Waals surface area contributed by atoms with Crippen molar-refractivity contribution >= 4 is 5.91 Å². The molecule has 3 N–H and O–H groups in total. The molecule has 1 aliphatic carbocycles. The van der Waals surface area contributed by atoms with Crippen LogP contribution in [0.5, 0.6) is 0 Å². The van der Waals surface area contributed by atoms with Gasteiger partial charge in [-0.15, -0.1) is 0 Å². The van der Waals surface area contributed by atoms with E-state index in [2.05, 4.69) is 9.88 Å². The number of rotatable bonds is 5. The van der Waals surface area contributed by atoms with E-state index in [1.165, 1.54) is 6.42 Å². The maximum Gasteiger partial charge on any atom is 0.223 e. The van der Waals surface area contributed by atoms with Gasteiger partial charge in [0.25, 0.3) is 0 Å². The van der Waals surface area contributed by atoms with Crippen LogP contribution >= 0.6 is 0 Å². The van der Waals surface area contributed by atoms with Crippen LogP contribution in [0.15, 0.2) is 24.5 Å². The van der Waals surface area contributed by atoms with Gasteiger partial charge in [0.15, 0.2) is 0 Å². The third kappa shape index (κ3) is 3.35. The van der Waals surface area contributed by atoms with Gasteiger partial charge in [0, 0.05) is 31.4 Å². The van der Waals surface area contributed by atoms with Crippen molar-refractivity contribution in [2.75, 3.05) is 13.1 Å². The number of nitrogens with zero attached hydrogens (tertiary/aromatic N) is 1. The largest absolute Gasteiger partial charge is 0.354 e. The van der Waals surface area contributed by atoms with Crippen molar-refractivity contribution in [1.29, 1.82) is 0 Å². The molecule has 1 aromatic heterocycles. The number of carbonyl (C=O) groups excluding carboxylic acids is 1. The first-order chi connectivity index (χ1) is 8.81. The molecule has 1 saturated carbocycles. The molecule has 100 valence electrons. The first-order valence-electron chi connectivity index (χ1n) is 6.90. The van der Waals surface area contributed by atoms with Crippen molar-refractivity contribution in [3.8, 4) is 0 Å². The molecule has 2 rings (SSSR count). The smallest absolute Gasteiger partial charge is 0.223 e. The quantitative estimate of drug-likeness (QED) is 0.828. The first kappa shape index (κ1) is 13.1. The van der Waals surface area contributed by atoms with Gasteiger partial charge in [0.05, 0.1) is 0 Å². The van der Waals surface area contributed by atoms with Gasteiger partial charge in [-0.3, -0.25) is 4.79 Å². The molecule has 1 aromatic rings. The normalized spacial score (nSPS) is 23.8. The lowest BCUT2D eigenvalue weighted by atomic mass is 9.79. The van der Waals surface area contributed by atoms with Gasteiger partial charge in [0.1, 0.15) is 0 Å². The predicted octanol–water partition coefficient (Wildman–Crippen LogP) is 1.37. The highest BCUT2D eigenvalue weighted by molar-refractivity contribution is 5.79. The van der Waals surface area contributed by atoms with Crippen LogP contribution in [0.3, 0.4) is 0 Å². The molecule has 0 bridgehead atoms. The van der Waals surface area contributed by atoms with E-state index in [-0.39, 0.29) is 11.8 Å². The van der Waals surface area contributed by atoms with Crippen molar-refractivity contribution in [3.05, 3.63) is 24.5 Å². The van der Waals surface area contributed by atoms with Gasteiger partial charge >= 0.3 is 0 Å². The van der Waals surface area contributed by atoms with Crippen LogP contribution in [0.4, 0.5) is 0 Å². The first-order valence-corrected chi connectivity index (χ1v) is 6.90. The number of carbonyl (C=O) groups is 1. The monoisotopic (exact) mass is 249 g/mol. The van der Waals surface area contributed by atoms with Crippen molar-refractivity contribution in [3.63, 3.8) is 0 Å². The summed E-state index contributed by atoms with van der Waals surface area (Å²) < 4.78 is 2.07. The molecular formula is C14H23N3O. The van der Waals surface area contributed by atoms with E-state index in [1.54, 1.807) is 0 Å². The zero-order valence-electron chi connectivity index (χ0n) is 10.8. The summed E-state index contributed by atoms with van der Waals surface area (Å²) in [5, 5.41) is 3.04. The van der Waals surface area contributed by atoms with Crippen LogP contribution in [0, 0.1) is 11.8 Å². The number of nitrogens with two attached hydrogens (primary N) is 1. The fraction of sp³-hybridized carbons (Fsp3) is 0.643. The summed E-state index contributed by atoms with van der Waals surface area (Å²) in [6.45, 7) is 2.16. The topological polar surface area (TPSA) is 60.1 Å². The van der Waals surface area contributed by atoms with Crippen molar-refractivity contribution in [2.45, 2.75) is 32.2 Å². The van der Waals surface area contributed by atoms with Gasteiger partial charge in [-0.25, -0.2) is 0 Å². The second kappa shape index (κ2) is 6.59. The van der Waals surface area contributed by atoms with Gasteiger partial charge in [0.2, 0.25) is 5.91 Å². The SMILES string of the molecule is NCC1CCCCC1C(=O)NCCn1cccc1. The van der Waals surface area contributed by atoms with Crippen LogP contribution < -0.4 is 11.1 Å². The molecule has 4 nitrogen and oxygen atoms in total. The van der Waals surface area contributed by atoms with Crippen LogP contribution in [0.1, 0.15) is 25.7 Å². The maximum atomic E-state index is 12.1. The molecule has 0 saturated heterocycles. The number of hydrogen-bond donors (Lipinski definition) is 2. The fourth-order valence-electron chi connectivity index (χ4n) is 2.79. The Morgan fingerprint density at radius 2 is 2.00 bits per heavy atom. The minimum atomic E-state index is 0.133. The molecule has 1 fully saturated rings. The van der Waals surface area contributed by atoms with Gasteiger partial charge < -0.3 is 15.6 Å². The summed E-state index contributed by atoms with van der Waals surface area (Å²) in [7, 11) is 0. The molecule has 2 atom stereocenters. The number of amides is 1. The number of nitrogens with one attached hydrogen (secondary N) is 1. The molecule has 1 aliphatic rings. The molecule has 0 spiro atoms. The number of hydrogen-bond acceptors (Lipinski definition) is 2. The molecule has 1 heterocycles. The summed E-state index contributed by atoms with van der Waals surface area (Å²) in [6, 6.07) is 3.99. The molecule has 0 aromatic carbocycles. The summed E-state index contributed by atoms with van der Waals surface area (Å²) in [5.74, 6) is 0.705. The highest BCUT2D eigenvalue weighted by Crippen LogP contribution is 2.29.